The van der Waals surface area contributed by atoms with Crippen LogP contribution in [0.15, 0.2) is 78.4 Å². The predicted molar refractivity (Wildman–Crippen MR) is 126 cm³/mol. The summed E-state index contributed by atoms with van der Waals surface area (Å²) in [7, 11) is 0. The molecule has 2 aromatic carbocycles. The minimum Gasteiger partial charge on any atom is -0.206 e. The van der Waals surface area contributed by atoms with Crippen LogP contribution in [0.2, 0.25) is 0 Å². The molecule has 4 rings (SSSR count). The number of rotatable bonds is 7. The summed E-state index contributed by atoms with van der Waals surface area (Å²) >= 11 is 0. The molecule has 0 heterocycles. The van der Waals surface area contributed by atoms with Crippen LogP contribution in [0.5, 0.6) is 0 Å². The Hall–Kier alpha value is -2.81. The third kappa shape index (κ3) is 4.13. The van der Waals surface area contributed by atoms with Crippen molar-refractivity contribution in [3.8, 4) is 0 Å². The summed E-state index contributed by atoms with van der Waals surface area (Å²) in [5.41, 5.74) is 6.16. The number of aryl methyl sites for hydroxylation is 1. The molecule has 1 fully saturated rings. The van der Waals surface area contributed by atoms with E-state index in [0.717, 1.165) is 48.8 Å². The molecule has 0 aromatic heterocycles. The zero-order valence-electron chi connectivity index (χ0n) is 18.6. The van der Waals surface area contributed by atoms with Crippen LogP contribution in [-0.2, 0) is 12.8 Å². The Bertz CT molecular complexity index is 1120. The maximum Gasteiger partial charge on any atom is 0.159 e. The van der Waals surface area contributed by atoms with Gasteiger partial charge in [-0.2, -0.15) is 0 Å². The van der Waals surface area contributed by atoms with Crippen molar-refractivity contribution in [1.82, 2.24) is 0 Å². The van der Waals surface area contributed by atoms with Gasteiger partial charge in [0.15, 0.2) is 11.6 Å². The average molecular weight is 435 g/mol. The van der Waals surface area contributed by atoms with Gasteiger partial charge in [-0.1, -0.05) is 62.1 Å². The first-order chi connectivity index (χ1) is 15.4. The highest BCUT2D eigenvalue weighted by molar-refractivity contribution is 5.53. The fourth-order valence-electron chi connectivity index (χ4n) is 5.56. The number of hydrogen-bond donors (Lipinski definition) is 0. The van der Waals surface area contributed by atoms with E-state index in [1.54, 1.807) is 18.2 Å². The Morgan fingerprint density at radius 1 is 1.03 bits per heavy atom. The minimum atomic E-state index is -0.821. The summed E-state index contributed by atoms with van der Waals surface area (Å²) in [6.45, 7) is 10.1. The highest BCUT2D eigenvalue weighted by Crippen LogP contribution is 2.55. The number of allylic oxidation sites excluding steroid dienone is 5. The fourth-order valence-corrected chi connectivity index (χ4v) is 5.56. The van der Waals surface area contributed by atoms with E-state index in [9.17, 15) is 13.2 Å². The van der Waals surface area contributed by atoms with Crippen molar-refractivity contribution in [2.45, 2.75) is 45.4 Å². The van der Waals surface area contributed by atoms with Gasteiger partial charge in [0.2, 0.25) is 0 Å². The van der Waals surface area contributed by atoms with Crippen molar-refractivity contribution in [2.24, 2.45) is 11.3 Å². The predicted octanol–water partition coefficient (Wildman–Crippen LogP) is 8.15. The average Bonchev–Trinajstić information content (AvgIpc) is 3.09. The molecule has 2 unspecified atom stereocenters. The Kier molecular flexibility index (Phi) is 6.28. The SMILES string of the molecule is C=CC1=C(Cc2ccc(F)c(F)c2)C=C2CCC(CCc3cccc(F)c3C=C)C2(C)C1. The summed E-state index contributed by atoms with van der Waals surface area (Å²) in [4.78, 5) is 0. The highest BCUT2D eigenvalue weighted by atomic mass is 19.2. The van der Waals surface area contributed by atoms with E-state index in [2.05, 4.69) is 26.2 Å². The molecule has 3 heteroatoms. The lowest BCUT2D eigenvalue weighted by molar-refractivity contribution is 0.255. The zero-order chi connectivity index (χ0) is 22.9. The van der Waals surface area contributed by atoms with E-state index in [-0.39, 0.29) is 11.2 Å². The Morgan fingerprint density at radius 3 is 2.56 bits per heavy atom. The molecular formula is C29H29F3. The maximum absolute atomic E-state index is 14.1. The molecule has 2 aromatic rings. The van der Waals surface area contributed by atoms with Gasteiger partial charge in [0.1, 0.15) is 5.82 Å². The molecule has 0 aliphatic heterocycles. The Labute approximate surface area is 188 Å². The van der Waals surface area contributed by atoms with Crippen LogP contribution in [0.25, 0.3) is 6.08 Å². The van der Waals surface area contributed by atoms with Gasteiger partial charge in [-0.3, -0.25) is 0 Å². The summed E-state index contributed by atoms with van der Waals surface area (Å²) < 4.78 is 41.1. The van der Waals surface area contributed by atoms with Crippen molar-refractivity contribution in [1.29, 1.82) is 0 Å². The Balaban J connectivity index is 1.53. The van der Waals surface area contributed by atoms with Crippen LogP contribution in [0, 0.1) is 28.8 Å². The minimum absolute atomic E-state index is 0.0444. The van der Waals surface area contributed by atoms with E-state index in [0.29, 0.717) is 17.9 Å². The molecule has 1 saturated carbocycles. The largest absolute Gasteiger partial charge is 0.206 e. The smallest absolute Gasteiger partial charge is 0.159 e. The van der Waals surface area contributed by atoms with Gasteiger partial charge in [0.25, 0.3) is 0 Å². The van der Waals surface area contributed by atoms with Gasteiger partial charge >= 0.3 is 0 Å². The van der Waals surface area contributed by atoms with Crippen molar-refractivity contribution in [3.05, 3.63) is 113 Å². The van der Waals surface area contributed by atoms with Crippen LogP contribution in [0.4, 0.5) is 13.2 Å². The molecule has 0 amide bonds. The van der Waals surface area contributed by atoms with Crippen molar-refractivity contribution in [3.63, 3.8) is 0 Å². The number of benzene rings is 2. The Morgan fingerprint density at radius 2 is 1.84 bits per heavy atom. The summed E-state index contributed by atoms with van der Waals surface area (Å²) in [5, 5.41) is 0. The molecule has 2 aliphatic carbocycles. The van der Waals surface area contributed by atoms with Crippen LogP contribution in [0.3, 0.4) is 0 Å². The van der Waals surface area contributed by atoms with Crippen LogP contribution in [-0.4, -0.2) is 0 Å². The second-order valence-electron chi connectivity index (χ2n) is 9.23. The quantitative estimate of drug-likeness (QED) is 0.412. The molecular weight excluding hydrogens is 405 g/mol. The van der Waals surface area contributed by atoms with Gasteiger partial charge < -0.3 is 0 Å². The molecule has 166 valence electrons. The number of fused-ring (bicyclic) bond motifs is 1. The lowest BCUT2D eigenvalue weighted by atomic mass is 9.67. The number of halogens is 3. The second-order valence-corrected chi connectivity index (χ2v) is 9.23. The second kappa shape index (κ2) is 8.97. The van der Waals surface area contributed by atoms with Crippen LogP contribution < -0.4 is 0 Å². The van der Waals surface area contributed by atoms with Crippen LogP contribution >= 0.6 is 0 Å². The van der Waals surface area contributed by atoms with E-state index in [4.69, 9.17) is 0 Å². The van der Waals surface area contributed by atoms with Gasteiger partial charge in [0.05, 0.1) is 0 Å². The molecule has 2 atom stereocenters. The van der Waals surface area contributed by atoms with E-state index in [1.807, 2.05) is 12.1 Å². The van der Waals surface area contributed by atoms with Gasteiger partial charge in [-0.05, 0) is 90.3 Å². The molecule has 0 nitrogen and oxygen atoms in total. The van der Waals surface area contributed by atoms with Crippen LogP contribution in [0.1, 0.15) is 49.3 Å². The molecule has 0 spiro atoms. The lowest BCUT2D eigenvalue weighted by Gasteiger charge is -2.37. The fraction of sp³-hybridized carbons (Fsp3) is 0.310. The van der Waals surface area contributed by atoms with E-state index >= 15 is 0 Å². The van der Waals surface area contributed by atoms with Crippen molar-refractivity contribution in [2.75, 3.05) is 0 Å². The molecule has 32 heavy (non-hydrogen) atoms. The summed E-state index contributed by atoms with van der Waals surface area (Å²) in [5.74, 6) is -1.35. The first-order valence-electron chi connectivity index (χ1n) is 11.2. The van der Waals surface area contributed by atoms with Crippen molar-refractivity contribution < 1.29 is 13.2 Å². The van der Waals surface area contributed by atoms with E-state index < -0.39 is 11.6 Å². The highest BCUT2D eigenvalue weighted by Gasteiger charge is 2.44. The lowest BCUT2D eigenvalue weighted by Crippen LogP contribution is -2.27. The van der Waals surface area contributed by atoms with E-state index in [1.165, 1.54) is 29.3 Å². The third-order valence-electron chi connectivity index (χ3n) is 7.45. The number of hydrogen-bond acceptors (Lipinski definition) is 0. The standard InChI is InChI=1S/C29H29F3/c1-4-20-18-29(3)23(11-10-21-7-6-8-26(30)25(21)5-2)12-13-24(29)17-22(20)15-19-9-14-27(31)28(32)16-19/h4-9,14,16-17,23H,1-2,10-13,15,18H2,3H3. The maximum atomic E-state index is 14.1. The monoisotopic (exact) mass is 434 g/mol. The van der Waals surface area contributed by atoms with Gasteiger partial charge in [-0.15, -0.1) is 0 Å². The molecule has 0 bridgehead atoms. The molecule has 0 radical (unpaired) electrons. The topological polar surface area (TPSA) is 0 Å². The molecule has 0 saturated heterocycles. The summed E-state index contributed by atoms with van der Waals surface area (Å²) in [6, 6.07) is 9.35. The first kappa shape index (κ1) is 22.4. The van der Waals surface area contributed by atoms with Gasteiger partial charge in [0, 0.05) is 5.56 Å². The first-order valence-corrected chi connectivity index (χ1v) is 11.2. The van der Waals surface area contributed by atoms with Crippen molar-refractivity contribution >= 4 is 6.08 Å². The summed E-state index contributed by atoms with van der Waals surface area (Å²) in [6.07, 6.45) is 11.2. The van der Waals surface area contributed by atoms with Gasteiger partial charge in [-0.25, -0.2) is 13.2 Å². The third-order valence-corrected chi connectivity index (χ3v) is 7.45. The normalized spacial score (nSPS) is 22.5. The zero-order valence-corrected chi connectivity index (χ0v) is 18.6. The molecule has 2 aliphatic rings. The molecule has 0 N–H and O–H groups in total.